The first-order valence-electron chi connectivity index (χ1n) is 10.0. The lowest BCUT2D eigenvalue weighted by Crippen LogP contribution is -2.55. The van der Waals surface area contributed by atoms with Crippen LogP contribution in [0.15, 0.2) is 60.7 Å². The van der Waals surface area contributed by atoms with Crippen LogP contribution in [0, 0.1) is 0 Å². The average Bonchev–Trinajstić information content (AvgIpc) is 2.78. The molecule has 7 heteroatoms. The lowest BCUT2D eigenvalue weighted by molar-refractivity contribution is -0.149. The summed E-state index contributed by atoms with van der Waals surface area (Å²) >= 11 is 0. The number of piperidine rings is 1. The molecular weight excluding hydrogens is 384 g/mol. The monoisotopic (exact) mass is 410 g/mol. The van der Waals surface area contributed by atoms with E-state index in [1.807, 2.05) is 60.7 Å². The van der Waals surface area contributed by atoms with E-state index < -0.39 is 30.1 Å². The Labute approximate surface area is 175 Å². The van der Waals surface area contributed by atoms with Crippen molar-refractivity contribution >= 4 is 18.0 Å². The number of carboxylic acid groups (broad SMARTS) is 1. The second-order valence-corrected chi connectivity index (χ2v) is 7.45. The smallest absolute Gasteiger partial charge is 0.407 e. The zero-order chi connectivity index (χ0) is 21.5. The van der Waals surface area contributed by atoms with Gasteiger partial charge in [0, 0.05) is 6.54 Å². The van der Waals surface area contributed by atoms with Crippen LogP contribution in [0.2, 0.25) is 0 Å². The summed E-state index contributed by atoms with van der Waals surface area (Å²) in [7, 11) is 0. The van der Waals surface area contributed by atoms with Gasteiger partial charge >= 0.3 is 12.1 Å². The number of hydrogen-bond donors (Lipinski definition) is 2. The van der Waals surface area contributed by atoms with E-state index >= 15 is 0 Å². The van der Waals surface area contributed by atoms with Gasteiger partial charge in [-0.15, -0.1) is 0 Å². The maximum absolute atomic E-state index is 12.9. The van der Waals surface area contributed by atoms with E-state index in [9.17, 15) is 19.5 Å². The number of amides is 2. The van der Waals surface area contributed by atoms with Crippen molar-refractivity contribution in [3.05, 3.63) is 71.8 Å². The summed E-state index contributed by atoms with van der Waals surface area (Å²) in [6.45, 7) is 1.91. The molecular formula is C23H26N2O5. The van der Waals surface area contributed by atoms with Crippen molar-refractivity contribution in [2.75, 3.05) is 6.54 Å². The Hall–Kier alpha value is -3.35. The summed E-state index contributed by atoms with van der Waals surface area (Å²) in [6.07, 6.45) is -0.121. The highest BCUT2D eigenvalue weighted by molar-refractivity contribution is 5.89. The average molecular weight is 410 g/mol. The molecule has 0 radical (unpaired) electrons. The second kappa shape index (κ2) is 9.91. The Bertz CT molecular complexity index is 872. The molecule has 1 heterocycles. The van der Waals surface area contributed by atoms with Crippen LogP contribution in [0.5, 0.6) is 0 Å². The van der Waals surface area contributed by atoms with E-state index in [4.69, 9.17) is 4.74 Å². The maximum atomic E-state index is 12.9. The molecule has 0 bridgehead atoms. The van der Waals surface area contributed by atoms with Crippen LogP contribution in [0.4, 0.5) is 4.79 Å². The molecule has 0 saturated carbocycles. The molecule has 158 valence electrons. The van der Waals surface area contributed by atoms with Gasteiger partial charge in [-0.2, -0.15) is 0 Å². The van der Waals surface area contributed by atoms with Crippen molar-refractivity contribution in [2.45, 2.75) is 44.4 Å². The van der Waals surface area contributed by atoms with Gasteiger partial charge in [0.25, 0.3) is 0 Å². The molecule has 0 aliphatic carbocycles. The fraction of sp³-hybridized carbons (Fsp3) is 0.348. The van der Waals surface area contributed by atoms with Gasteiger partial charge in [0.15, 0.2) is 0 Å². The topological polar surface area (TPSA) is 95.9 Å². The summed E-state index contributed by atoms with van der Waals surface area (Å²) in [5.74, 6) is -0.968. The molecule has 3 rings (SSSR count). The Balaban J connectivity index is 1.61. The summed E-state index contributed by atoms with van der Waals surface area (Å²) in [6, 6.07) is 17.3. The minimum absolute atomic E-state index is 0.0814. The lowest BCUT2D eigenvalue weighted by Gasteiger charge is -2.37. The first-order valence-corrected chi connectivity index (χ1v) is 10.0. The number of likely N-dealkylation sites (tertiary alicyclic amines) is 1. The van der Waals surface area contributed by atoms with Crippen molar-refractivity contribution in [1.29, 1.82) is 0 Å². The number of rotatable bonds is 6. The Morgan fingerprint density at radius 1 is 1.10 bits per heavy atom. The van der Waals surface area contributed by atoms with Crippen LogP contribution in [0.1, 0.15) is 36.8 Å². The largest absolute Gasteiger partial charge is 0.465 e. The van der Waals surface area contributed by atoms with Gasteiger partial charge in [0.2, 0.25) is 5.91 Å². The number of benzene rings is 2. The van der Waals surface area contributed by atoms with Crippen LogP contribution < -0.4 is 5.32 Å². The van der Waals surface area contributed by atoms with Gasteiger partial charge in [-0.1, -0.05) is 60.7 Å². The standard InChI is InChI=1S/C23H26N2O5/c1-16(22(27)30-15-17-8-4-2-5-9-17)24-21(26)20-14-19(12-13-25(20)23(28)29)18-10-6-3-7-11-18/h2-11,16,19-20H,12-15H2,1H3,(H,24,26)(H,28,29)/t16-,19?,20?/m0/s1. The normalized spacial score (nSPS) is 19.6. The molecule has 1 saturated heterocycles. The SMILES string of the molecule is C[C@H](NC(=O)C1CC(c2ccccc2)CCN1C(=O)O)C(=O)OCc1ccccc1. The van der Waals surface area contributed by atoms with E-state index in [2.05, 4.69) is 5.32 Å². The van der Waals surface area contributed by atoms with E-state index in [1.54, 1.807) is 0 Å². The Kier molecular flexibility index (Phi) is 7.06. The summed E-state index contributed by atoms with van der Waals surface area (Å²) in [4.78, 5) is 37.9. The van der Waals surface area contributed by atoms with Crippen LogP contribution in [0.25, 0.3) is 0 Å². The van der Waals surface area contributed by atoms with Gasteiger partial charge in [0.05, 0.1) is 0 Å². The number of carbonyl (C=O) groups excluding carboxylic acids is 2. The predicted octanol–water partition coefficient (Wildman–Crippen LogP) is 3.16. The van der Waals surface area contributed by atoms with Crippen LogP contribution in [-0.2, 0) is 20.9 Å². The van der Waals surface area contributed by atoms with Crippen LogP contribution in [0.3, 0.4) is 0 Å². The number of ether oxygens (including phenoxy) is 1. The fourth-order valence-corrected chi connectivity index (χ4v) is 3.69. The number of hydrogen-bond acceptors (Lipinski definition) is 4. The first-order chi connectivity index (χ1) is 14.5. The van der Waals surface area contributed by atoms with Crippen LogP contribution >= 0.6 is 0 Å². The van der Waals surface area contributed by atoms with Gasteiger partial charge in [0.1, 0.15) is 18.7 Å². The van der Waals surface area contributed by atoms with Crippen molar-refractivity contribution in [2.24, 2.45) is 0 Å². The molecule has 30 heavy (non-hydrogen) atoms. The number of nitrogens with one attached hydrogen (secondary N) is 1. The lowest BCUT2D eigenvalue weighted by atomic mass is 9.85. The van der Waals surface area contributed by atoms with Crippen LogP contribution in [-0.4, -0.2) is 46.6 Å². The third-order valence-corrected chi connectivity index (χ3v) is 5.36. The highest BCUT2D eigenvalue weighted by Gasteiger charge is 2.37. The zero-order valence-electron chi connectivity index (χ0n) is 16.9. The zero-order valence-corrected chi connectivity index (χ0v) is 16.9. The molecule has 1 aliphatic rings. The Morgan fingerprint density at radius 2 is 1.73 bits per heavy atom. The number of carbonyl (C=O) groups is 3. The Morgan fingerprint density at radius 3 is 2.37 bits per heavy atom. The molecule has 1 fully saturated rings. The molecule has 2 amide bonds. The molecule has 1 aliphatic heterocycles. The van der Waals surface area contributed by atoms with Gasteiger partial charge in [-0.05, 0) is 36.8 Å². The van der Waals surface area contributed by atoms with E-state index in [0.29, 0.717) is 12.8 Å². The third-order valence-electron chi connectivity index (χ3n) is 5.36. The molecule has 7 nitrogen and oxygen atoms in total. The molecule has 2 aromatic carbocycles. The summed E-state index contributed by atoms with van der Waals surface area (Å²) < 4.78 is 5.26. The van der Waals surface area contributed by atoms with E-state index in [-0.39, 0.29) is 19.1 Å². The molecule has 2 unspecified atom stereocenters. The maximum Gasteiger partial charge on any atom is 0.407 e. The minimum Gasteiger partial charge on any atom is -0.465 e. The predicted molar refractivity (Wildman–Crippen MR) is 111 cm³/mol. The minimum atomic E-state index is -1.14. The van der Waals surface area contributed by atoms with Crippen molar-refractivity contribution in [3.63, 3.8) is 0 Å². The molecule has 2 aromatic rings. The van der Waals surface area contributed by atoms with Crippen molar-refractivity contribution < 1.29 is 24.2 Å². The second-order valence-electron chi connectivity index (χ2n) is 7.45. The van der Waals surface area contributed by atoms with Gasteiger partial charge in [-0.3, -0.25) is 9.69 Å². The van der Waals surface area contributed by atoms with E-state index in [1.165, 1.54) is 6.92 Å². The summed E-state index contributed by atoms with van der Waals surface area (Å²) in [5.41, 5.74) is 1.93. The molecule has 0 spiro atoms. The summed E-state index contributed by atoms with van der Waals surface area (Å²) in [5, 5.41) is 12.1. The van der Waals surface area contributed by atoms with Crippen molar-refractivity contribution in [3.8, 4) is 0 Å². The highest BCUT2D eigenvalue weighted by atomic mass is 16.5. The van der Waals surface area contributed by atoms with Crippen molar-refractivity contribution in [1.82, 2.24) is 10.2 Å². The van der Waals surface area contributed by atoms with E-state index in [0.717, 1.165) is 16.0 Å². The third kappa shape index (κ3) is 5.37. The quantitative estimate of drug-likeness (QED) is 0.713. The van der Waals surface area contributed by atoms with Gasteiger partial charge < -0.3 is 15.2 Å². The van der Waals surface area contributed by atoms with Gasteiger partial charge in [-0.25, -0.2) is 9.59 Å². The highest BCUT2D eigenvalue weighted by Crippen LogP contribution is 2.31. The molecule has 2 N–H and O–H groups in total. The number of nitrogens with zero attached hydrogens (tertiary/aromatic N) is 1. The first kappa shape index (κ1) is 21.4. The number of esters is 1. The molecule has 0 aromatic heterocycles. The molecule has 3 atom stereocenters. The fourth-order valence-electron chi connectivity index (χ4n) is 3.69.